The van der Waals surface area contributed by atoms with Crippen molar-refractivity contribution in [1.29, 1.82) is 0 Å². The Morgan fingerprint density at radius 3 is 2.88 bits per heavy atom. The van der Waals surface area contributed by atoms with E-state index in [1.165, 1.54) is 0 Å². The molecule has 4 rings (SSSR count). The van der Waals surface area contributed by atoms with Gasteiger partial charge in [-0.2, -0.15) is 0 Å². The van der Waals surface area contributed by atoms with Crippen LogP contribution >= 0.6 is 23.2 Å². The number of imidazole rings is 1. The quantitative estimate of drug-likeness (QED) is 0.670. The highest BCUT2D eigenvalue weighted by molar-refractivity contribution is 6.42. The van der Waals surface area contributed by atoms with Crippen molar-refractivity contribution in [2.75, 3.05) is 0 Å². The number of rotatable bonds is 6. The van der Waals surface area contributed by atoms with Gasteiger partial charge in [0.1, 0.15) is 22.5 Å². The molecule has 0 saturated heterocycles. The van der Waals surface area contributed by atoms with E-state index in [0.717, 1.165) is 36.3 Å². The molecule has 2 heterocycles. The Balaban J connectivity index is 1.33. The average Bonchev–Trinajstić information content (AvgIpc) is 3.10. The number of aromatic nitrogens is 2. The van der Waals surface area contributed by atoms with Crippen LogP contribution in [0.2, 0.25) is 10.0 Å². The standard InChI is InChI=1S/C19H19Cl2N3O2/c20-16-2-1-3-17(18(16)21)26-15-8-13(9-15)23-10-12-4-5-14(11-25)24-7-6-22-19(12)24/h1-7,13,15,23,25H,8-11H2/t13-,15-. The molecule has 0 bridgehead atoms. The molecule has 0 unspecified atom stereocenters. The minimum absolute atomic E-state index is 0.00568. The number of halogens is 2. The van der Waals surface area contributed by atoms with Gasteiger partial charge >= 0.3 is 0 Å². The summed E-state index contributed by atoms with van der Waals surface area (Å²) in [4.78, 5) is 4.40. The third-order valence-electron chi connectivity index (χ3n) is 4.76. The second kappa shape index (κ2) is 7.45. The molecule has 136 valence electrons. The molecule has 2 N–H and O–H groups in total. The van der Waals surface area contributed by atoms with Crippen LogP contribution in [-0.4, -0.2) is 26.6 Å². The lowest BCUT2D eigenvalue weighted by Crippen LogP contribution is -2.46. The van der Waals surface area contributed by atoms with E-state index in [-0.39, 0.29) is 12.7 Å². The molecule has 1 aromatic carbocycles. The van der Waals surface area contributed by atoms with Crippen LogP contribution < -0.4 is 10.1 Å². The number of fused-ring (bicyclic) bond motifs is 1. The smallest absolute Gasteiger partial charge is 0.141 e. The van der Waals surface area contributed by atoms with E-state index in [4.69, 9.17) is 27.9 Å². The van der Waals surface area contributed by atoms with Gasteiger partial charge in [-0.15, -0.1) is 0 Å². The number of benzene rings is 1. The summed E-state index contributed by atoms with van der Waals surface area (Å²) in [5.41, 5.74) is 2.81. The highest BCUT2D eigenvalue weighted by atomic mass is 35.5. The molecule has 0 aliphatic heterocycles. The van der Waals surface area contributed by atoms with Crippen LogP contribution in [0.25, 0.3) is 5.65 Å². The second-order valence-corrected chi connectivity index (χ2v) is 7.26. The largest absolute Gasteiger partial charge is 0.489 e. The van der Waals surface area contributed by atoms with Crippen molar-refractivity contribution >= 4 is 28.8 Å². The zero-order valence-corrected chi connectivity index (χ0v) is 15.5. The molecule has 1 aliphatic carbocycles. The molecule has 5 nitrogen and oxygen atoms in total. The van der Waals surface area contributed by atoms with E-state index in [1.54, 1.807) is 12.3 Å². The van der Waals surface area contributed by atoms with Gasteiger partial charge in [0.05, 0.1) is 11.6 Å². The highest BCUT2D eigenvalue weighted by Crippen LogP contribution is 2.35. The molecule has 3 aromatic rings. The zero-order chi connectivity index (χ0) is 18.1. The number of hydrogen-bond donors (Lipinski definition) is 2. The van der Waals surface area contributed by atoms with Crippen molar-refractivity contribution < 1.29 is 9.84 Å². The first-order valence-electron chi connectivity index (χ1n) is 8.54. The molecule has 0 spiro atoms. The Labute approximate surface area is 161 Å². The third kappa shape index (κ3) is 3.40. The summed E-state index contributed by atoms with van der Waals surface area (Å²) < 4.78 is 7.85. The number of aliphatic hydroxyl groups excluding tert-OH is 1. The fourth-order valence-corrected chi connectivity index (χ4v) is 3.57. The summed E-state index contributed by atoms with van der Waals surface area (Å²) in [5.74, 6) is 0.640. The van der Waals surface area contributed by atoms with E-state index >= 15 is 0 Å². The highest BCUT2D eigenvalue weighted by Gasteiger charge is 2.31. The van der Waals surface area contributed by atoms with Crippen molar-refractivity contribution in [3.05, 3.63) is 64.0 Å². The maximum Gasteiger partial charge on any atom is 0.141 e. The lowest BCUT2D eigenvalue weighted by molar-refractivity contribution is 0.0844. The van der Waals surface area contributed by atoms with Crippen LogP contribution in [0.5, 0.6) is 5.75 Å². The summed E-state index contributed by atoms with van der Waals surface area (Å²) in [6, 6.07) is 9.76. The van der Waals surface area contributed by atoms with E-state index < -0.39 is 0 Å². The van der Waals surface area contributed by atoms with Crippen molar-refractivity contribution in [3.63, 3.8) is 0 Å². The fraction of sp³-hybridized carbons (Fsp3) is 0.316. The Bertz CT molecular complexity index is 922. The Morgan fingerprint density at radius 1 is 1.23 bits per heavy atom. The summed E-state index contributed by atoms with van der Waals surface area (Å²) in [5, 5.41) is 13.9. The molecule has 1 aliphatic rings. The molecule has 0 atom stereocenters. The molecule has 1 saturated carbocycles. The van der Waals surface area contributed by atoms with Gasteiger partial charge in [-0.1, -0.05) is 35.3 Å². The van der Waals surface area contributed by atoms with Crippen LogP contribution in [0.1, 0.15) is 24.1 Å². The van der Waals surface area contributed by atoms with Crippen LogP contribution in [0, 0.1) is 0 Å². The summed E-state index contributed by atoms with van der Waals surface area (Å²) >= 11 is 12.2. The average molecular weight is 392 g/mol. The van der Waals surface area contributed by atoms with Crippen molar-refractivity contribution in [1.82, 2.24) is 14.7 Å². The normalized spacial score (nSPS) is 19.5. The number of aliphatic hydroxyl groups is 1. The van der Waals surface area contributed by atoms with Gasteiger partial charge in [0, 0.05) is 36.2 Å². The van der Waals surface area contributed by atoms with E-state index in [1.807, 2.05) is 34.9 Å². The van der Waals surface area contributed by atoms with Gasteiger partial charge < -0.3 is 19.6 Å². The van der Waals surface area contributed by atoms with Crippen molar-refractivity contribution in [2.45, 2.75) is 38.1 Å². The molecule has 2 aromatic heterocycles. The lowest BCUT2D eigenvalue weighted by atomic mass is 9.89. The van der Waals surface area contributed by atoms with Gasteiger partial charge in [-0.05, 0) is 31.0 Å². The van der Waals surface area contributed by atoms with Gasteiger partial charge in [0.2, 0.25) is 0 Å². The van der Waals surface area contributed by atoms with Crippen LogP contribution in [0.4, 0.5) is 0 Å². The molecular formula is C19H19Cl2N3O2. The molecule has 0 amide bonds. The molecule has 1 fully saturated rings. The number of nitrogens with one attached hydrogen (secondary N) is 1. The van der Waals surface area contributed by atoms with Crippen LogP contribution in [-0.2, 0) is 13.2 Å². The summed E-state index contributed by atoms with van der Waals surface area (Å²) in [7, 11) is 0. The molecular weight excluding hydrogens is 373 g/mol. The number of pyridine rings is 1. The van der Waals surface area contributed by atoms with E-state index in [9.17, 15) is 5.11 Å². The van der Waals surface area contributed by atoms with Crippen molar-refractivity contribution in [2.24, 2.45) is 0 Å². The van der Waals surface area contributed by atoms with Gasteiger partial charge in [-0.25, -0.2) is 4.98 Å². The second-order valence-electron chi connectivity index (χ2n) is 6.47. The fourth-order valence-electron chi connectivity index (χ4n) is 3.23. The van der Waals surface area contributed by atoms with Gasteiger partial charge in [0.15, 0.2) is 0 Å². The first-order chi connectivity index (χ1) is 12.7. The zero-order valence-electron chi connectivity index (χ0n) is 14.0. The van der Waals surface area contributed by atoms with E-state index in [2.05, 4.69) is 10.3 Å². The number of nitrogens with zero attached hydrogens (tertiary/aromatic N) is 2. The molecule has 0 radical (unpaired) electrons. The third-order valence-corrected chi connectivity index (χ3v) is 5.56. The van der Waals surface area contributed by atoms with Crippen molar-refractivity contribution in [3.8, 4) is 5.75 Å². The molecule has 26 heavy (non-hydrogen) atoms. The first-order valence-corrected chi connectivity index (χ1v) is 9.30. The monoisotopic (exact) mass is 391 g/mol. The minimum atomic E-state index is -0.00568. The number of hydrogen-bond acceptors (Lipinski definition) is 4. The van der Waals surface area contributed by atoms with Crippen LogP contribution in [0.15, 0.2) is 42.7 Å². The Hall–Kier alpha value is -1.79. The van der Waals surface area contributed by atoms with Gasteiger partial charge in [-0.3, -0.25) is 0 Å². The maximum absolute atomic E-state index is 9.40. The number of ether oxygens (including phenoxy) is 1. The van der Waals surface area contributed by atoms with E-state index in [0.29, 0.717) is 21.8 Å². The Kier molecular flexibility index (Phi) is 5.05. The molecule has 7 heteroatoms. The summed E-state index contributed by atoms with van der Waals surface area (Å²) in [6.45, 7) is 0.718. The topological polar surface area (TPSA) is 58.8 Å². The maximum atomic E-state index is 9.40. The predicted molar refractivity (Wildman–Crippen MR) is 102 cm³/mol. The Morgan fingerprint density at radius 2 is 2.08 bits per heavy atom. The predicted octanol–water partition coefficient (Wildman–Crippen LogP) is 3.83. The summed E-state index contributed by atoms with van der Waals surface area (Å²) in [6.07, 6.45) is 5.60. The minimum Gasteiger partial charge on any atom is -0.489 e. The van der Waals surface area contributed by atoms with Crippen LogP contribution in [0.3, 0.4) is 0 Å². The SMILES string of the molecule is OCc1ccc(CN[C@H]2C[C@H](Oc3cccc(Cl)c3Cl)C2)c2nccn12. The first kappa shape index (κ1) is 17.6. The van der Waals surface area contributed by atoms with Gasteiger partial charge in [0.25, 0.3) is 0 Å². The lowest BCUT2D eigenvalue weighted by Gasteiger charge is -2.36.